The zero-order chi connectivity index (χ0) is 38.5. The lowest BCUT2D eigenvalue weighted by Gasteiger charge is -2.37. The fraction of sp³-hybridized carbons (Fsp3) is 0.184. The van der Waals surface area contributed by atoms with Crippen molar-refractivity contribution in [1.29, 1.82) is 0 Å². The van der Waals surface area contributed by atoms with E-state index in [0.717, 1.165) is 52.5 Å². The zero-order valence-corrected chi connectivity index (χ0v) is 31.4. The van der Waals surface area contributed by atoms with Gasteiger partial charge in [-0.3, -0.25) is 0 Å². The predicted octanol–water partition coefficient (Wildman–Crippen LogP) is 10.8. The molecular weight excluding hydrogens is 699 g/mol. The quantitative estimate of drug-likeness (QED) is 0.0566. The third-order valence-corrected chi connectivity index (χ3v) is 10.6. The number of piperidine rings is 1. The van der Waals surface area contributed by atoms with Crippen LogP contribution in [0.1, 0.15) is 63.1 Å². The van der Waals surface area contributed by atoms with E-state index in [-0.39, 0.29) is 0 Å². The summed E-state index contributed by atoms with van der Waals surface area (Å²) in [6, 6.07) is 41.1. The smallest absolute Gasteiger partial charge is 0.343 e. The number of ether oxygens (including phenoxy) is 4. The molecule has 0 radical (unpaired) electrons. The lowest BCUT2D eigenvalue weighted by Crippen LogP contribution is -2.35. The normalized spacial score (nSPS) is 16.1. The van der Waals surface area contributed by atoms with E-state index < -0.39 is 17.5 Å². The van der Waals surface area contributed by atoms with Crippen molar-refractivity contribution in [3.05, 3.63) is 174 Å². The van der Waals surface area contributed by atoms with Crippen LogP contribution in [0.3, 0.4) is 0 Å². The highest BCUT2D eigenvalue weighted by Crippen LogP contribution is 2.47. The molecule has 6 aromatic carbocycles. The van der Waals surface area contributed by atoms with E-state index in [9.17, 15) is 9.59 Å². The van der Waals surface area contributed by atoms with Crippen molar-refractivity contribution in [1.82, 2.24) is 0 Å². The summed E-state index contributed by atoms with van der Waals surface area (Å²) < 4.78 is 23.8. The van der Waals surface area contributed by atoms with Crippen LogP contribution in [-0.4, -0.2) is 38.7 Å². The van der Waals surface area contributed by atoms with Gasteiger partial charge in [0.2, 0.25) is 0 Å². The standard InChI is InChI=1S/C49H43NO6/c1-3-4-31-54-41-22-15-35(16-23-41)47(51)55-42-24-13-34(14-25-42)36-17-26-43-37(32-36)33-45(48(52)53-2)44-27-28-49(56-46(43)44,38-11-7-5-8-12-38)39-18-20-40(21-19-39)50-29-9-6-10-30-50/h3,5,7-8,11-28,32-33H,1,4,6,9-10,29-31H2,2H3. The Balaban J connectivity index is 1.10. The van der Waals surface area contributed by atoms with Gasteiger partial charge in [0.15, 0.2) is 5.60 Å². The van der Waals surface area contributed by atoms with Gasteiger partial charge >= 0.3 is 11.9 Å². The molecule has 1 saturated heterocycles. The second-order valence-electron chi connectivity index (χ2n) is 14.1. The molecule has 6 aromatic rings. The molecule has 0 spiro atoms. The first-order chi connectivity index (χ1) is 27.5. The Hall–Kier alpha value is -6.60. The van der Waals surface area contributed by atoms with Crippen molar-refractivity contribution >= 4 is 34.5 Å². The zero-order valence-electron chi connectivity index (χ0n) is 31.4. The van der Waals surface area contributed by atoms with Gasteiger partial charge in [-0.25, -0.2) is 9.59 Å². The highest BCUT2D eigenvalue weighted by molar-refractivity contribution is 6.05. The molecule has 0 aliphatic carbocycles. The molecule has 2 heterocycles. The molecule has 280 valence electrons. The van der Waals surface area contributed by atoms with Crippen LogP contribution in [0.15, 0.2) is 146 Å². The van der Waals surface area contributed by atoms with Gasteiger partial charge in [-0.1, -0.05) is 72.8 Å². The summed E-state index contributed by atoms with van der Waals surface area (Å²) in [4.78, 5) is 28.6. The monoisotopic (exact) mass is 741 g/mol. The molecule has 1 atom stereocenters. The molecule has 2 aliphatic rings. The van der Waals surface area contributed by atoms with Gasteiger partial charge in [-0.15, -0.1) is 6.58 Å². The van der Waals surface area contributed by atoms with E-state index in [2.05, 4.69) is 54.0 Å². The Labute approximate surface area is 327 Å². The number of rotatable bonds is 11. The van der Waals surface area contributed by atoms with E-state index in [1.807, 2.05) is 60.7 Å². The number of methoxy groups -OCH3 is 1. The van der Waals surface area contributed by atoms with Crippen LogP contribution in [0, 0.1) is 0 Å². The van der Waals surface area contributed by atoms with Crippen molar-refractivity contribution in [2.24, 2.45) is 0 Å². The summed E-state index contributed by atoms with van der Waals surface area (Å²) in [6.45, 7) is 6.36. The van der Waals surface area contributed by atoms with Crippen LogP contribution < -0.4 is 19.1 Å². The maximum absolute atomic E-state index is 13.3. The Bertz CT molecular complexity index is 2400. The van der Waals surface area contributed by atoms with E-state index in [1.165, 1.54) is 32.1 Å². The van der Waals surface area contributed by atoms with E-state index >= 15 is 0 Å². The number of hydrogen-bond donors (Lipinski definition) is 0. The average Bonchev–Trinajstić information content (AvgIpc) is 3.26. The minimum Gasteiger partial charge on any atom is -0.493 e. The summed E-state index contributed by atoms with van der Waals surface area (Å²) >= 11 is 0. The summed E-state index contributed by atoms with van der Waals surface area (Å²) in [7, 11) is 1.39. The summed E-state index contributed by atoms with van der Waals surface area (Å²) in [5, 5.41) is 1.69. The first kappa shape index (κ1) is 36.4. The van der Waals surface area contributed by atoms with E-state index in [1.54, 1.807) is 42.5 Å². The molecule has 2 aliphatic heterocycles. The van der Waals surface area contributed by atoms with Gasteiger partial charge in [0.05, 0.1) is 24.8 Å². The van der Waals surface area contributed by atoms with Crippen LogP contribution in [0.4, 0.5) is 5.69 Å². The summed E-state index contributed by atoms with van der Waals surface area (Å²) in [5.74, 6) is 0.813. The van der Waals surface area contributed by atoms with Crippen LogP contribution in [0.25, 0.3) is 28.0 Å². The first-order valence-corrected chi connectivity index (χ1v) is 19.1. The lowest BCUT2D eigenvalue weighted by molar-refractivity contribution is 0.0598. The maximum Gasteiger partial charge on any atom is 0.343 e. The third-order valence-electron chi connectivity index (χ3n) is 10.6. The molecule has 1 unspecified atom stereocenters. The topological polar surface area (TPSA) is 74.3 Å². The number of benzene rings is 6. The van der Waals surface area contributed by atoms with Gasteiger partial charge in [-0.2, -0.15) is 0 Å². The van der Waals surface area contributed by atoms with Crippen molar-refractivity contribution in [3.8, 4) is 28.4 Å². The molecule has 0 bridgehead atoms. The third kappa shape index (κ3) is 7.28. The number of anilines is 1. The molecular formula is C49H43NO6. The molecule has 1 fully saturated rings. The van der Waals surface area contributed by atoms with E-state index in [0.29, 0.717) is 40.5 Å². The van der Waals surface area contributed by atoms with Crippen molar-refractivity contribution in [2.45, 2.75) is 31.3 Å². The Morgan fingerprint density at radius 2 is 1.46 bits per heavy atom. The summed E-state index contributed by atoms with van der Waals surface area (Å²) in [5.41, 5.74) is 5.60. The molecule has 56 heavy (non-hydrogen) atoms. The van der Waals surface area contributed by atoms with Gasteiger partial charge < -0.3 is 23.8 Å². The molecule has 0 aromatic heterocycles. The second kappa shape index (κ2) is 16.0. The van der Waals surface area contributed by atoms with Gasteiger partial charge in [0, 0.05) is 40.9 Å². The lowest BCUT2D eigenvalue weighted by atomic mass is 9.82. The van der Waals surface area contributed by atoms with Crippen molar-refractivity contribution < 1.29 is 28.5 Å². The average molecular weight is 742 g/mol. The molecule has 0 saturated carbocycles. The molecule has 8 rings (SSSR count). The SMILES string of the molecule is C=CCCOc1ccc(C(=O)Oc2ccc(-c3ccc4c5c(c(C(=O)OC)cc4c3)C=CC(c3ccccc3)(c3ccc(N4CCCCC4)cc3)O5)cc2)cc1. The molecule has 7 nitrogen and oxygen atoms in total. The Morgan fingerprint density at radius 1 is 0.768 bits per heavy atom. The minimum atomic E-state index is -0.941. The fourth-order valence-electron chi connectivity index (χ4n) is 7.58. The number of carbonyl (C=O) groups excluding carboxylic acids is 2. The Morgan fingerprint density at radius 3 is 2.18 bits per heavy atom. The number of carbonyl (C=O) groups is 2. The second-order valence-corrected chi connectivity index (χ2v) is 14.1. The number of nitrogens with zero attached hydrogens (tertiary/aromatic N) is 1. The van der Waals surface area contributed by atoms with Crippen LogP contribution in [-0.2, 0) is 10.3 Å². The predicted molar refractivity (Wildman–Crippen MR) is 222 cm³/mol. The largest absolute Gasteiger partial charge is 0.493 e. The van der Waals surface area contributed by atoms with E-state index in [4.69, 9.17) is 18.9 Å². The van der Waals surface area contributed by atoms with Gasteiger partial charge in [0.25, 0.3) is 0 Å². The van der Waals surface area contributed by atoms with Crippen molar-refractivity contribution in [2.75, 3.05) is 31.7 Å². The minimum absolute atomic E-state index is 0.420. The van der Waals surface area contributed by atoms with Crippen LogP contribution >= 0.6 is 0 Å². The molecule has 7 heteroatoms. The number of fused-ring (bicyclic) bond motifs is 3. The first-order valence-electron chi connectivity index (χ1n) is 19.1. The maximum atomic E-state index is 13.3. The molecule has 0 amide bonds. The highest BCUT2D eigenvalue weighted by Gasteiger charge is 2.39. The summed E-state index contributed by atoms with van der Waals surface area (Å²) in [6.07, 6.45) is 10.3. The van der Waals surface area contributed by atoms with Crippen LogP contribution in [0.2, 0.25) is 0 Å². The Kier molecular flexibility index (Phi) is 10.4. The fourth-order valence-corrected chi connectivity index (χ4v) is 7.58. The molecule has 0 N–H and O–H groups in total. The van der Waals surface area contributed by atoms with Crippen LogP contribution in [0.5, 0.6) is 17.2 Å². The number of hydrogen-bond acceptors (Lipinski definition) is 7. The van der Waals surface area contributed by atoms with Crippen molar-refractivity contribution in [3.63, 3.8) is 0 Å². The highest BCUT2D eigenvalue weighted by atomic mass is 16.5. The number of esters is 2. The van der Waals surface area contributed by atoms with Gasteiger partial charge in [0.1, 0.15) is 17.2 Å². The van der Waals surface area contributed by atoms with Gasteiger partial charge in [-0.05, 0) is 115 Å².